The summed E-state index contributed by atoms with van der Waals surface area (Å²) in [6.45, 7) is 3.12. The van der Waals surface area contributed by atoms with Crippen molar-refractivity contribution >= 4 is 0 Å². The molecule has 0 aromatic carbocycles. The number of alkyl halides is 3. The van der Waals surface area contributed by atoms with Crippen LogP contribution in [0.15, 0.2) is 0 Å². The molecule has 1 saturated carbocycles. The van der Waals surface area contributed by atoms with E-state index in [9.17, 15) is 13.2 Å². The van der Waals surface area contributed by atoms with E-state index >= 15 is 0 Å². The predicted molar refractivity (Wildman–Crippen MR) is 54.2 cm³/mol. The highest BCUT2D eigenvalue weighted by atomic mass is 19.4. The first-order valence-corrected chi connectivity index (χ1v) is 6.09. The van der Waals surface area contributed by atoms with Crippen LogP contribution in [0.3, 0.4) is 0 Å². The Bertz CT molecular complexity index is 285. The molecule has 2 saturated heterocycles. The Morgan fingerprint density at radius 1 is 1.06 bits per heavy atom. The number of hydrogen-bond acceptors (Lipinski definition) is 2. The van der Waals surface area contributed by atoms with Crippen molar-refractivity contribution in [1.82, 2.24) is 9.80 Å². The second-order valence-corrected chi connectivity index (χ2v) is 5.31. The molecule has 2 aliphatic heterocycles. The van der Waals surface area contributed by atoms with Gasteiger partial charge in [-0.2, -0.15) is 13.2 Å². The smallest absolute Gasteiger partial charge is 0.298 e. The zero-order chi connectivity index (χ0) is 11.4. The van der Waals surface area contributed by atoms with Crippen LogP contribution in [0.25, 0.3) is 0 Å². The minimum atomic E-state index is -4.03. The van der Waals surface area contributed by atoms with Crippen LogP contribution in [0.2, 0.25) is 0 Å². The molecule has 1 aliphatic carbocycles. The van der Waals surface area contributed by atoms with E-state index in [1.54, 1.807) is 4.90 Å². The summed E-state index contributed by atoms with van der Waals surface area (Å²) in [7, 11) is 0. The Balaban J connectivity index is 1.72. The fraction of sp³-hybridized carbons (Fsp3) is 1.00. The summed E-state index contributed by atoms with van der Waals surface area (Å²) in [6.07, 6.45) is -1.19. The molecule has 0 bridgehead atoms. The molecule has 3 aliphatic rings. The highest BCUT2D eigenvalue weighted by Gasteiger charge is 2.67. The molecule has 2 nitrogen and oxygen atoms in total. The summed E-state index contributed by atoms with van der Waals surface area (Å²) in [6, 6.07) is 0.383. The monoisotopic (exact) mass is 234 g/mol. The van der Waals surface area contributed by atoms with Gasteiger partial charge in [0.05, 0.1) is 0 Å². The van der Waals surface area contributed by atoms with Crippen molar-refractivity contribution in [1.29, 1.82) is 0 Å². The van der Waals surface area contributed by atoms with Crippen molar-refractivity contribution in [2.45, 2.75) is 43.4 Å². The van der Waals surface area contributed by atoms with Crippen LogP contribution in [0.5, 0.6) is 0 Å². The molecule has 3 fully saturated rings. The van der Waals surface area contributed by atoms with Crippen molar-refractivity contribution in [3.05, 3.63) is 0 Å². The maximum Gasteiger partial charge on any atom is 0.406 e. The second-order valence-electron chi connectivity index (χ2n) is 5.31. The second kappa shape index (κ2) is 3.35. The molecule has 3 rings (SSSR count). The summed E-state index contributed by atoms with van der Waals surface area (Å²) in [5, 5.41) is 0. The molecule has 0 spiro atoms. The third kappa shape index (κ3) is 1.48. The van der Waals surface area contributed by atoms with Gasteiger partial charge >= 0.3 is 6.18 Å². The van der Waals surface area contributed by atoms with E-state index in [1.165, 1.54) is 0 Å². The Morgan fingerprint density at radius 2 is 1.81 bits per heavy atom. The van der Waals surface area contributed by atoms with Gasteiger partial charge in [0.25, 0.3) is 0 Å². The van der Waals surface area contributed by atoms with E-state index in [-0.39, 0.29) is 0 Å². The van der Waals surface area contributed by atoms with Crippen LogP contribution in [0.4, 0.5) is 13.2 Å². The lowest BCUT2D eigenvalue weighted by molar-refractivity contribution is -0.202. The Hall–Kier alpha value is -0.290. The molecule has 16 heavy (non-hydrogen) atoms. The van der Waals surface area contributed by atoms with E-state index in [1.807, 2.05) is 0 Å². The van der Waals surface area contributed by atoms with Crippen LogP contribution in [-0.2, 0) is 0 Å². The summed E-state index contributed by atoms with van der Waals surface area (Å²) in [5.74, 6) is 0. The largest absolute Gasteiger partial charge is 0.406 e. The topological polar surface area (TPSA) is 6.48 Å². The standard InChI is InChI=1S/C11H17F3N2/c12-11(13,14)10(3-4-10)16-7-6-15-5-1-2-9(15)8-16/h9H,1-8H2. The lowest BCUT2D eigenvalue weighted by atomic mass is 10.1. The summed E-state index contributed by atoms with van der Waals surface area (Å²) in [4.78, 5) is 4.06. The fourth-order valence-electron chi connectivity index (χ4n) is 3.28. The maximum atomic E-state index is 13.0. The van der Waals surface area contributed by atoms with Gasteiger partial charge in [-0.3, -0.25) is 9.80 Å². The number of halogens is 3. The SMILES string of the molecule is FC(F)(F)C1(N2CCN3CCCC3C2)CC1. The Kier molecular flexibility index (Phi) is 2.27. The molecule has 0 N–H and O–H groups in total. The minimum Gasteiger partial charge on any atom is -0.298 e. The third-order valence-corrected chi connectivity index (χ3v) is 4.44. The number of hydrogen-bond donors (Lipinski definition) is 0. The van der Waals surface area contributed by atoms with E-state index in [0.29, 0.717) is 32.0 Å². The van der Waals surface area contributed by atoms with Gasteiger partial charge < -0.3 is 0 Å². The molecule has 0 amide bonds. The molecular weight excluding hydrogens is 217 g/mol. The molecule has 0 aromatic heterocycles. The highest BCUT2D eigenvalue weighted by molar-refractivity contribution is 5.11. The van der Waals surface area contributed by atoms with Crippen molar-refractivity contribution in [2.75, 3.05) is 26.2 Å². The summed E-state index contributed by atoms with van der Waals surface area (Å²) >= 11 is 0. The normalized spacial score (nSPS) is 35.1. The van der Waals surface area contributed by atoms with Crippen LogP contribution in [-0.4, -0.2) is 53.7 Å². The van der Waals surface area contributed by atoms with Crippen LogP contribution < -0.4 is 0 Å². The molecular formula is C11H17F3N2. The van der Waals surface area contributed by atoms with Crippen LogP contribution in [0.1, 0.15) is 25.7 Å². The van der Waals surface area contributed by atoms with Gasteiger partial charge in [-0.25, -0.2) is 0 Å². The van der Waals surface area contributed by atoms with Crippen molar-refractivity contribution in [3.63, 3.8) is 0 Å². The van der Waals surface area contributed by atoms with Crippen molar-refractivity contribution in [2.24, 2.45) is 0 Å². The van der Waals surface area contributed by atoms with Crippen molar-refractivity contribution in [3.8, 4) is 0 Å². The van der Waals surface area contributed by atoms with Gasteiger partial charge in [0.1, 0.15) is 5.54 Å². The molecule has 1 atom stereocenters. The lowest BCUT2D eigenvalue weighted by Gasteiger charge is -2.42. The zero-order valence-corrected chi connectivity index (χ0v) is 9.26. The van der Waals surface area contributed by atoms with Gasteiger partial charge in [0.2, 0.25) is 0 Å². The van der Waals surface area contributed by atoms with E-state index < -0.39 is 11.7 Å². The van der Waals surface area contributed by atoms with E-state index in [4.69, 9.17) is 0 Å². The quantitative estimate of drug-likeness (QED) is 0.683. The maximum absolute atomic E-state index is 13.0. The van der Waals surface area contributed by atoms with Crippen molar-refractivity contribution < 1.29 is 13.2 Å². The zero-order valence-electron chi connectivity index (χ0n) is 9.26. The van der Waals surface area contributed by atoms with Crippen LogP contribution >= 0.6 is 0 Å². The van der Waals surface area contributed by atoms with Gasteiger partial charge in [-0.1, -0.05) is 0 Å². The van der Waals surface area contributed by atoms with Crippen LogP contribution in [0, 0.1) is 0 Å². The average molecular weight is 234 g/mol. The predicted octanol–water partition coefficient (Wildman–Crippen LogP) is 1.86. The van der Waals surface area contributed by atoms with Gasteiger partial charge in [-0.05, 0) is 32.2 Å². The molecule has 2 heterocycles. The first kappa shape index (κ1) is 10.8. The molecule has 1 unspecified atom stereocenters. The lowest BCUT2D eigenvalue weighted by Crippen LogP contribution is -2.58. The van der Waals surface area contributed by atoms with E-state index in [2.05, 4.69) is 4.90 Å². The highest BCUT2D eigenvalue weighted by Crippen LogP contribution is 2.54. The summed E-state index contributed by atoms with van der Waals surface area (Å²) < 4.78 is 38.9. The third-order valence-electron chi connectivity index (χ3n) is 4.44. The summed E-state index contributed by atoms with van der Waals surface area (Å²) in [5.41, 5.74) is -1.44. The number of nitrogens with zero attached hydrogens (tertiary/aromatic N) is 2. The van der Waals surface area contributed by atoms with Gasteiger partial charge in [-0.15, -0.1) is 0 Å². The average Bonchev–Trinajstić information content (AvgIpc) is 2.91. The molecule has 0 radical (unpaired) electrons. The Morgan fingerprint density at radius 3 is 2.44 bits per heavy atom. The minimum absolute atomic E-state index is 0.309. The number of piperazine rings is 1. The van der Waals surface area contributed by atoms with Gasteiger partial charge in [0, 0.05) is 25.7 Å². The molecule has 5 heteroatoms. The van der Waals surface area contributed by atoms with Gasteiger partial charge in [0.15, 0.2) is 0 Å². The first-order valence-electron chi connectivity index (χ1n) is 6.09. The first-order chi connectivity index (χ1) is 7.53. The Labute approximate surface area is 93.4 Å². The van der Waals surface area contributed by atoms with E-state index in [0.717, 1.165) is 25.9 Å². The number of fused-ring (bicyclic) bond motifs is 1. The number of rotatable bonds is 1. The fourth-order valence-corrected chi connectivity index (χ4v) is 3.28. The molecule has 92 valence electrons. The molecule has 0 aromatic rings.